The van der Waals surface area contributed by atoms with Gasteiger partial charge in [-0.15, -0.1) is 0 Å². The van der Waals surface area contributed by atoms with Crippen LogP contribution in [0.3, 0.4) is 0 Å². The van der Waals surface area contributed by atoms with Gasteiger partial charge < -0.3 is 24.3 Å². The second-order valence-corrected chi connectivity index (χ2v) is 6.65. The first-order valence-electron chi connectivity index (χ1n) is 7.90. The second kappa shape index (κ2) is 9.27. The van der Waals surface area contributed by atoms with E-state index >= 15 is 0 Å². The van der Waals surface area contributed by atoms with Crippen molar-refractivity contribution in [3.63, 3.8) is 0 Å². The molecule has 0 bridgehead atoms. The lowest BCUT2D eigenvalue weighted by atomic mass is 10.0. The third-order valence-corrected chi connectivity index (χ3v) is 3.25. The molecule has 0 aliphatic carbocycles. The van der Waals surface area contributed by atoms with Crippen LogP contribution in [0.4, 0.5) is 4.79 Å². The van der Waals surface area contributed by atoms with E-state index < -0.39 is 17.7 Å². The van der Waals surface area contributed by atoms with Crippen LogP contribution in [-0.2, 0) is 20.9 Å². The van der Waals surface area contributed by atoms with Gasteiger partial charge in [0.05, 0.1) is 26.4 Å². The molecule has 0 heterocycles. The Morgan fingerprint density at radius 2 is 1.88 bits per heavy atom. The lowest BCUT2D eigenvalue weighted by Crippen LogP contribution is -2.44. The fourth-order valence-electron chi connectivity index (χ4n) is 1.94. The Hall–Kier alpha value is -2.08. The number of carbonyl (C=O) groups excluding carboxylic acids is 2. The number of nitrogens with one attached hydrogen (secondary N) is 1. The molecular weight excluding hydrogens is 310 g/mol. The number of rotatable bonds is 8. The molecule has 0 aliphatic heterocycles. The second-order valence-electron chi connectivity index (χ2n) is 6.65. The van der Waals surface area contributed by atoms with Crippen molar-refractivity contribution in [1.82, 2.24) is 5.32 Å². The number of carbonyl (C=O) groups is 2. The fourth-order valence-corrected chi connectivity index (χ4v) is 1.94. The highest BCUT2D eigenvalue weighted by molar-refractivity contribution is 5.73. The van der Waals surface area contributed by atoms with E-state index in [1.54, 1.807) is 27.9 Å². The molecule has 1 aromatic carbocycles. The van der Waals surface area contributed by atoms with Crippen LogP contribution in [0.1, 0.15) is 33.3 Å². The molecular formula is C18H27NO5. The van der Waals surface area contributed by atoms with Gasteiger partial charge in [-0.1, -0.05) is 19.1 Å². The zero-order chi connectivity index (χ0) is 18.2. The minimum Gasteiger partial charge on any atom is -0.497 e. The molecule has 1 N–H and O–H groups in total. The van der Waals surface area contributed by atoms with E-state index in [-0.39, 0.29) is 5.92 Å². The number of hydrogen-bond donors (Lipinski definition) is 1. The Labute approximate surface area is 143 Å². The van der Waals surface area contributed by atoms with Gasteiger partial charge in [0, 0.05) is 5.92 Å². The number of aldehydes is 1. The summed E-state index contributed by atoms with van der Waals surface area (Å²) in [6, 6.07) is 6.90. The SMILES string of the molecule is COc1ccc(COC[C@@H](C)[C@H](C=O)NC(=O)OC(C)(C)C)cc1. The average molecular weight is 337 g/mol. The Bertz CT molecular complexity index is 521. The van der Waals surface area contributed by atoms with E-state index in [4.69, 9.17) is 14.2 Å². The van der Waals surface area contributed by atoms with Crippen LogP contribution >= 0.6 is 0 Å². The summed E-state index contributed by atoms with van der Waals surface area (Å²) in [5, 5.41) is 2.56. The van der Waals surface area contributed by atoms with Crippen molar-refractivity contribution < 1.29 is 23.8 Å². The van der Waals surface area contributed by atoms with Gasteiger partial charge in [-0.05, 0) is 38.5 Å². The molecule has 134 valence electrons. The maximum Gasteiger partial charge on any atom is 0.408 e. The molecule has 0 fully saturated rings. The Kier molecular flexibility index (Phi) is 7.71. The fraction of sp³-hybridized carbons (Fsp3) is 0.556. The average Bonchev–Trinajstić information content (AvgIpc) is 2.51. The smallest absolute Gasteiger partial charge is 0.408 e. The molecule has 2 atom stereocenters. The number of benzene rings is 1. The number of ether oxygens (including phenoxy) is 3. The molecule has 0 unspecified atom stereocenters. The van der Waals surface area contributed by atoms with Gasteiger partial charge in [0.25, 0.3) is 0 Å². The molecule has 0 spiro atoms. The van der Waals surface area contributed by atoms with Gasteiger partial charge in [0.15, 0.2) is 0 Å². The Balaban J connectivity index is 2.41. The standard InChI is InChI=1S/C18H27NO5/c1-13(16(10-20)19-17(21)24-18(2,3)4)11-23-12-14-6-8-15(22-5)9-7-14/h6-10,13,16H,11-12H2,1-5H3,(H,19,21)/t13-,16+/m1/s1. The zero-order valence-electron chi connectivity index (χ0n) is 15.0. The third kappa shape index (κ3) is 7.46. The molecule has 0 saturated carbocycles. The first kappa shape index (κ1) is 20.0. The lowest BCUT2D eigenvalue weighted by molar-refractivity contribution is -0.111. The van der Waals surface area contributed by atoms with Gasteiger partial charge in [-0.2, -0.15) is 0 Å². The molecule has 24 heavy (non-hydrogen) atoms. The van der Waals surface area contributed by atoms with Crippen LogP contribution in [0, 0.1) is 5.92 Å². The quantitative estimate of drug-likeness (QED) is 0.738. The third-order valence-electron chi connectivity index (χ3n) is 3.25. The molecule has 0 aromatic heterocycles. The summed E-state index contributed by atoms with van der Waals surface area (Å²) in [6.07, 6.45) is 0.0901. The summed E-state index contributed by atoms with van der Waals surface area (Å²) >= 11 is 0. The number of hydrogen-bond acceptors (Lipinski definition) is 5. The van der Waals surface area contributed by atoms with Crippen molar-refractivity contribution in [3.8, 4) is 5.75 Å². The normalized spacial score (nSPS) is 13.7. The van der Waals surface area contributed by atoms with E-state index in [9.17, 15) is 9.59 Å². The van der Waals surface area contributed by atoms with Crippen molar-refractivity contribution in [2.24, 2.45) is 5.92 Å². The van der Waals surface area contributed by atoms with Gasteiger partial charge in [-0.25, -0.2) is 4.79 Å². The predicted octanol–water partition coefficient (Wildman–Crippen LogP) is 2.94. The number of alkyl carbamates (subject to hydrolysis) is 1. The summed E-state index contributed by atoms with van der Waals surface area (Å²) in [6.45, 7) is 7.90. The van der Waals surface area contributed by atoms with Crippen molar-refractivity contribution >= 4 is 12.4 Å². The molecule has 1 amide bonds. The van der Waals surface area contributed by atoms with Crippen LogP contribution < -0.4 is 10.1 Å². The number of amides is 1. The summed E-state index contributed by atoms with van der Waals surface area (Å²) in [5.41, 5.74) is 0.400. The molecule has 0 aliphatic rings. The molecule has 1 aromatic rings. The maximum absolute atomic E-state index is 11.7. The minimum atomic E-state index is -0.657. The van der Waals surface area contributed by atoms with Gasteiger partial charge in [0.1, 0.15) is 17.6 Å². The Morgan fingerprint density at radius 3 is 2.38 bits per heavy atom. The molecule has 0 radical (unpaired) electrons. The van der Waals surface area contributed by atoms with Crippen LogP contribution in [0.2, 0.25) is 0 Å². The molecule has 6 heteroatoms. The number of methoxy groups -OCH3 is 1. The first-order valence-corrected chi connectivity index (χ1v) is 7.90. The highest BCUT2D eigenvalue weighted by atomic mass is 16.6. The van der Waals surface area contributed by atoms with Crippen LogP contribution in [-0.4, -0.2) is 37.7 Å². The van der Waals surface area contributed by atoms with E-state index in [1.807, 2.05) is 31.2 Å². The van der Waals surface area contributed by atoms with Crippen LogP contribution in [0.5, 0.6) is 5.75 Å². The van der Waals surface area contributed by atoms with Crippen molar-refractivity contribution in [1.29, 1.82) is 0 Å². The van der Waals surface area contributed by atoms with E-state index in [0.717, 1.165) is 11.3 Å². The maximum atomic E-state index is 11.7. The van der Waals surface area contributed by atoms with Gasteiger partial charge >= 0.3 is 6.09 Å². The van der Waals surface area contributed by atoms with Crippen molar-refractivity contribution in [2.75, 3.05) is 13.7 Å². The topological polar surface area (TPSA) is 73.9 Å². The van der Waals surface area contributed by atoms with Gasteiger partial charge in [0.2, 0.25) is 0 Å². The molecule has 0 saturated heterocycles. The minimum absolute atomic E-state index is 0.173. The van der Waals surface area contributed by atoms with Gasteiger partial charge in [-0.3, -0.25) is 0 Å². The van der Waals surface area contributed by atoms with Crippen molar-refractivity contribution in [3.05, 3.63) is 29.8 Å². The summed E-state index contributed by atoms with van der Waals surface area (Å²) < 4.78 is 15.9. The summed E-state index contributed by atoms with van der Waals surface area (Å²) in [4.78, 5) is 23.0. The van der Waals surface area contributed by atoms with Crippen molar-refractivity contribution in [2.45, 2.75) is 45.9 Å². The Morgan fingerprint density at radius 1 is 1.25 bits per heavy atom. The molecule has 1 rings (SSSR count). The van der Waals surface area contributed by atoms with E-state index in [0.29, 0.717) is 19.5 Å². The van der Waals surface area contributed by atoms with Crippen LogP contribution in [0.15, 0.2) is 24.3 Å². The molecule has 6 nitrogen and oxygen atoms in total. The zero-order valence-corrected chi connectivity index (χ0v) is 15.0. The summed E-state index contributed by atoms with van der Waals surface area (Å²) in [5.74, 6) is 0.614. The van der Waals surface area contributed by atoms with E-state index in [2.05, 4.69) is 5.32 Å². The largest absolute Gasteiger partial charge is 0.497 e. The highest BCUT2D eigenvalue weighted by Gasteiger charge is 2.23. The summed E-state index contributed by atoms with van der Waals surface area (Å²) in [7, 11) is 1.62. The lowest BCUT2D eigenvalue weighted by Gasteiger charge is -2.24. The first-order chi connectivity index (χ1) is 11.2. The monoisotopic (exact) mass is 337 g/mol. The van der Waals surface area contributed by atoms with E-state index in [1.165, 1.54) is 0 Å². The predicted molar refractivity (Wildman–Crippen MR) is 91.0 cm³/mol. The highest BCUT2D eigenvalue weighted by Crippen LogP contribution is 2.13. The van der Waals surface area contributed by atoms with Crippen LogP contribution in [0.25, 0.3) is 0 Å².